The van der Waals surface area contributed by atoms with Gasteiger partial charge in [-0.25, -0.2) is 4.79 Å². The second-order valence-corrected chi connectivity index (χ2v) is 9.70. The SMILES string of the molecule is CC1=CC(=O)C(O)C2(C)C1CC(O)C13COC4(C)C(OC(=O)C(O)C41)C(O)C23. The van der Waals surface area contributed by atoms with Gasteiger partial charge in [0.05, 0.1) is 18.8 Å². The summed E-state index contributed by atoms with van der Waals surface area (Å²) < 4.78 is 11.4. The molecule has 1 spiro atoms. The molecule has 154 valence electrons. The van der Waals surface area contributed by atoms with Crippen LogP contribution in [0.3, 0.4) is 0 Å². The maximum atomic E-state index is 12.5. The molecular weight excluding hydrogens is 368 g/mol. The van der Waals surface area contributed by atoms with Crippen molar-refractivity contribution in [2.45, 2.75) is 63.3 Å². The lowest BCUT2D eigenvalue weighted by Crippen LogP contribution is -2.78. The van der Waals surface area contributed by atoms with Crippen molar-refractivity contribution in [1.29, 1.82) is 0 Å². The van der Waals surface area contributed by atoms with Crippen LogP contribution in [0.25, 0.3) is 0 Å². The number of hydrogen-bond donors (Lipinski definition) is 4. The Morgan fingerprint density at radius 3 is 2.46 bits per heavy atom. The van der Waals surface area contributed by atoms with Crippen LogP contribution in [-0.4, -0.2) is 74.9 Å². The van der Waals surface area contributed by atoms with Gasteiger partial charge in [0.1, 0.15) is 11.7 Å². The van der Waals surface area contributed by atoms with Crippen molar-refractivity contribution >= 4 is 11.8 Å². The van der Waals surface area contributed by atoms with E-state index in [1.807, 2.05) is 0 Å². The second kappa shape index (κ2) is 5.23. The Bertz CT molecular complexity index is 808. The Labute approximate surface area is 162 Å². The highest BCUT2D eigenvalue weighted by atomic mass is 16.6. The number of carbonyl (C=O) groups is 2. The number of aliphatic hydroxyl groups excluding tert-OH is 4. The molecule has 2 saturated carbocycles. The summed E-state index contributed by atoms with van der Waals surface area (Å²) in [6, 6.07) is 0. The molecule has 5 rings (SSSR count). The van der Waals surface area contributed by atoms with Gasteiger partial charge in [0, 0.05) is 22.7 Å². The molecule has 28 heavy (non-hydrogen) atoms. The normalized spacial score (nSPS) is 59.9. The number of ketones is 1. The zero-order valence-corrected chi connectivity index (χ0v) is 16.0. The molecule has 4 bridgehead atoms. The highest BCUT2D eigenvalue weighted by Gasteiger charge is 2.82. The maximum absolute atomic E-state index is 12.5. The van der Waals surface area contributed by atoms with Crippen LogP contribution in [0.4, 0.5) is 0 Å². The van der Waals surface area contributed by atoms with Gasteiger partial charge >= 0.3 is 5.97 Å². The molecule has 0 aromatic carbocycles. The van der Waals surface area contributed by atoms with Crippen LogP contribution in [0.5, 0.6) is 0 Å². The van der Waals surface area contributed by atoms with E-state index in [-0.39, 0.29) is 18.9 Å². The molecule has 2 saturated heterocycles. The maximum Gasteiger partial charge on any atom is 0.335 e. The molecular formula is C20H26O8. The van der Waals surface area contributed by atoms with Crippen molar-refractivity contribution in [2.24, 2.45) is 28.6 Å². The summed E-state index contributed by atoms with van der Waals surface area (Å²) in [5, 5.41) is 44.4. The molecule has 4 fully saturated rings. The van der Waals surface area contributed by atoms with Gasteiger partial charge in [-0.15, -0.1) is 0 Å². The molecule has 8 nitrogen and oxygen atoms in total. The fourth-order valence-corrected chi connectivity index (χ4v) is 7.61. The topological polar surface area (TPSA) is 134 Å². The van der Waals surface area contributed by atoms with Crippen LogP contribution >= 0.6 is 0 Å². The van der Waals surface area contributed by atoms with Crippen LogP contribution in [-0.2, 0) is 19.1 Å². The molecule has 5 aliphatic rings. The Hall–Kier alpha value is -1.32. The third-order valence-electron chi connectivity index (χ3n) is 8.70. The summed E-state index contributed by atoms with van der Waals surface area (Å²) in [5.41, 5.74) is -2.67. The van der Waals surface area contributed by atoms with E-state index >= 15 is 0 Å². The lowest BCUT2D eigenvalue weighted by molar-refractivity contribution is -0.298. The lowest BCUT2D eigenvalue weighted by atomic mass is 9.38. The summed E-state index contributed by atoms with van der Waals surface area (Å²) in [6.07, 6.45) is -4.52. The van der Waals surface area contributed by atoms with Gasteiger partial charge in [0.2, 0.25) is 0 Å². The monoisotopic (exact) mass is 394 g/mol. The largest absolute Gasteiger partial charge is 0.455 e. The van der Waals surface area contributed by atoms with Gasteiger partial charge in [-0.1, -0.05) is 12.5 Å². The molecule has 0 aromatic heterocycles. The highest BCUT2D eigenvalue weighted by Crippen LogP contribution is 2.71. The Balaban J connectivity index is 1.77. The predicted octanol–water partition coefficient (Wildman–Crippen LogP) is -1.07. The van der Waals surface area contributed by atoms with Crippen molar-refractivity contribution in [2.75, 3.05) is 6.61 Å². The Kier molecular flexibility index (Phi) is 3.49. The van der Waals surface area contributed by atoms with E-state index in [1.54, 1.807) is 20.8 Å². The smallest absolute Gasteiger partial charge is 0.335 e. The van der Waals surface area contributed by atoms with E-state index in [0.29, 0.717) is 0 Å². The van der Waals surface area contributed by atoms with Gasteiger partial charge < -0.3 is 29.9 Å². The van der Waals surface area contributed by atoms with E-state index < -0.39 is 70.5 Å². The third-order valence-corrected chi connectivity index (χ3v) is 8.70. The van der Waals surface area contributed by atoms with E-state index in [4.69, 9.17) is 9.47 Å². The first-order valence-electron chi connectivity index (χ1n) is 9.80. The number of aliphatic hydroxyl groups is 4. The summed E-state index contributed by atoms with van der Waals surface area (Å²) in [4.78, 5) is 24.8. The van der Waals surface area contributed by atoms with Crippen LogP contribution in [0, 0.1) is 28.6 Å². The van der Waals surface area contributed by atoms with Crippen LogP contribution in [0.1, 0.15) is 27.2 Å². The molecule has 0 aromatic rings. The molecule has 11 unspecified atom stereocenters. The standard InChI is InChI=1S/C20H26O8/c1-7-4-9(21)15(25)18(2)8(7)5-10(22)20-6-27-19(3)14(20)12(24)17(26)28-16(19)11(23)13(18)20/h4,8,10-16,22-25H,5-6H2,1-3H3. The number of hydrogen-bond acceptors (Lipinski definition) is 8. The molecule has 4 N–H and O–H groups in total. The van der Waals surface area contributed by atoms with E-state index in [2.05, 4.69) is 0 Å². The van der Waals surface area contributed by atoms with Gasteiger partial charge in [-0.2, -0.15) is 0 Å². The van der Waals surface area contributed by atoms with Crippen molar-refractivity contribution in [3.8, 4) is 0 Å². The first-order chi connectivity index (χ1) is 13.0. The van der Waals surface area contributed by atoms with Crippen molar-refractivity contribution < 1.29 is 39.5 Å². The van der Waals surface area contributed by atoms with Gasteiger partial charge in [-0.3, -0.25) is 4.79 Å². The second-order valence-electron chi connectivity index (χ2n) is 9.70. The molecule has 11 atom stereocenters. The molecule has 0 amide bonds. The Morgan fingerprint density at radius 2 is 1.79 bits per heavy atom. The molecule has 2 aliphatic heterocycles. The van der Waals surface area contributed by atoms with Gasteiger partial charge in [-0.05, 0) is 32.3 Å². The minimum absolute atomic E-state index is 0.00718. The summed E-state index contributed by atoms with van der Waals surface area (Å²) in [5.74, 6) is -3.22. The number of esters is 1. The zero-order valence-electron chi connectivity index (χ0n) is 16.0. The minimum atomic E-state index is -1.51. The average molecular weight is 394 g/mol. The molecule has 0 radical (unpaired) electrons. The Morgan fingerprint density at radius 1 is 1.11 bits per heavy atom. The van der Waals surface area contributed by atoms with Gasteiger partial charge in [0.25, 0.3) is 0 Å². The quantitative estimate of drug-likeness (QED) is 0.382. The van der Waals surface area contributed by atoms with E-state index in [9.17, 15) is 30.0 Å². The first-order valence-corrected chi connectivity index (χ1v) is 9.80. The number of rotatable bonds is 0. The highest BCUT2D eigenvalue weighted by molar-refractivity contribution is 5.96. The fraction of sp³-hybridized carbons (Fsp3) is 0.800. The van der Waals surface area contributed by atoms with Gasteiger partial charge in [0.15, 0.2) is 18.0 Å². The van der Waals surface area contributed by atoms with Crippen molar-refractivity contribution in [1.82, 2.24) is 0 Å². The number of allylic oxidation sites excluding steroid dienone is 1. The first kappa shape index (κ1) is 18.7. The van der Waals surface area contributed by atoms with Crippen LogP contribution < -0.4 is 0 Å². The molecule has 3 aliphatic carbocycles. The summed E-state index contributed by atoms with van der Waals surface area (Å²) in [7, 11) is 0. The number of carbonyl (C=O) groups excluding carboxylic acids is 2. The van der Waals surface area contributed by atoms with E-state index in [0.717, 1.165) is 5.57 Å². The lowest BCUT2D eigenvalue weighted by Gasteiger charge is -2.67. The third kappa shape index (κ3) is 1.72. The molecule has 2 heterocycles. The van der Waals surface area contributed by atoms with Crippen LogP contribution in [0.15, 0.2) is 11.6 Å². The van der Waals surface area contributed by atoms with E-state index in [1.165, 1.54) is 6.08 Å². The number of ether oxygens (including phenoxy) is 2. The molecule has 8 heteroatoms. The summed E-state index contributed by atoms with van der Waals surface area (Å²) in [6.45, 7) is 5.23. The summed E-state index contributed by atoms with van der Waals surface area (Å²) >= 11 is 0. The van der Waals surface area contributed by atoms with Crippen LogP contribution in [0.2, 0.25) is 0 Å². The zero-order chi connectivity index (χ0) is 20.4. The predicted molar refractivity (Wildman–Crippen MR) is 92.7 cm³/mol. The number of fused-ring (bicyclic) bond motifs is 2. The van der Waals surface area contributed by atoms with Crippen molar-refractivity contribution in [3.63, 3.8) is 0 Å². The fourth-order valence-electron chi connectivity index (χ4n) is 7.61. The minimum Gasteiger partial charge on any atom is -0.455 e. The van der Waals surface area contributed by atoms with Crippen molar-refractivity contribution in [3.05, 3.63) is 11.6 Å². The average Bonchev–Trinajstić information content (AvgIpc) is 2.89.